The standard InChI is InChI=1S/C8H12FN5O6S2/c1-6(2)4-21(18,19)22(9,20,13-12-11)8(5-10,7(3)15)14(16)17/h6H,4H2,1-3H3. The Bertz CT molecular complexity index is 763. The topological polar surface area (TPSA) is 184 Å². The molecule has 0 spiro atoms. The summed E-state index contributed by atoms with van der Waals surface area (Å²) in [6.45, 7) is 2.79. The quantitative estimate of drug-likeness (QED) is 0.124. The fourth-order valence-electron chi connectivity index (χ4n) is 1.56. The molecule has 0 bridgehead atoms. The van der Waals surface area contributed by atoms with Crippen molar-refractivity contribution in [3.8, 4) is 6.07 Å². The van der Waals surface area contributed by atoms with Crippen LogP contribution in [0.25, 0.3) is 10.4 Å². The number of azide groups is 1. The molecule has 1 atom stereocenters. The van der Waals surface area contributed by atoms with Gasteiger partial charge < -0.3 is 0 Å². The van der Waals surface area contributed by atoms with Crippen LogP contribution in [-0.2, 0) is 22.3 Å². The van der Waals surface area contributed by atoms with Crippen LogP contribution in [0.15, 0.2) is 4.52 Å². The Morgan fingerprint density at radius 3 is 2.32 bits per heavy atom. The summed E-state index contributed by atoms with van der Waals surface area (Å²) in [7, 11) is -13.3. The van der Waals surface area contributed by atoms with E-state index >= 15 is 3.89 Å². The minimum atomic E-state index is -7.61. The lowest BCUT2D eigenvalue weighted by atomic mass is 10.2. The summed E-state index contributed by atoms with van der Waals surface area (Å²) >= 11 is 0. The molecule has 0 aliphatic rings. The molecule has 0 amide bonds. The van der Waals surface area contributed by atoms with Crippen molar-refractivity contribution in [1.29, 1.82) is 5.26 Å². The van der Waals surface area contributed by atoms with E-state index in [0.717, 1.165) is 0 Å². The molecule has 11 nitrogen and oxygen atoms in total. The molecule has 0 saturated carbocycles. The van der Waals surface area contributed by atoms with E-state index in [2.05, 4.69) is 0 Å². The Morgan fingerprint density at radius 2 is 2.09 bits per heavy atom. The van der Waals surface area contributed by atoms with Crippen LogP contribution in [0.1, 0.15) is 20.8 Å². The van der Waals surface area contributed by atoms with Crippen LogP contribution in [0.5, 0.6) is 0 Å². The molecule has 0 N–H and O–H groups in total. The van der Waals surface area contributed by atoms with E-state index in [0.29, 0.717) is 13.0 Å². The van der Waals surface area contributed by atoms with E-state index in [-0.39, 0.29) is 0 Å². The van der Waals surface area contributed by atoms with Gasteiger partial charge in [0.15, 0.2) is 6.07 Å². The maximum absolute atomic E-state index is 15.1. The smallest absolute Gasteiger partial charge is 0.289 e. The molecule has 0 heterocycles. The Kier molecular flexibility index (Phi) is 5.06. The van der Waals surface area contributed by atoms with Gasteiger partial charge in [-0.05, 0) is 11.4 Å². The van der Waals surface area contributed by atoms with Crippen LogP contribution in [0.4, 0.5) is 3.89 Å². The summed E-state index contributed by atoms with van der Waals surface area (Å²) in [6.07, 6.45) is 0. The van der Waals surface area contributed by atoms with Gasteiger partial charge >= 0.3 is 4.87 Å². The fraction of sp³-hybridized carbons (Fsp3) is 0.750. The first-order valence-corrected chi connectivity index (χ1v) is 9.47. The van der Waals surface area contributed by atoms with Gasteiger partial charge in [0.2, 0.25) is 14.7 Å². The number of Topliss-reactive ketones (excluding diaryl/α,β-unsaturated/α-hetero) is 1. The third-order valence-electron chi connectivity index (χ3n) is 2.52. The Hall–Kier alpha value is -2.10. The van der Waals surface area contributed by atoms with Gasteiger partial charge in [-0.1, -0.05) is 13.8 Å². The Labute approximate surface area is 124 Å². The largest absolute Gasteiger partial charge is 0.458 e. The van der Waals surface area contributed by atoms with Crippen LogP contribution in [0, 0.1) is 27.4 Å². The van der Waals surface area contributed by atoms with Crippen molar-refractivity contribution >= 4 is 23.3 Å². The zero-order valence-corrected chi connectivity index (χ0v) is 13.3. The maximum atomic E-state index is 15.1. The van der Waals surface area contributed by atoms with Gasteiger partial charge in [0.05, 0.1) is 10.7 Å². The number of carbonyl (C=O) groups is 1. The number of halogens is 1. The second-order valence-corrected chi connectivity index (χ2v) is 11.6. The number of nitrogens with zero attached hydrogens (tertiary/aromatic N) is 5. The van der Waals surface area contributed by atoms with Gasteiger partial charge in [-0.25, -0.2) is 12.6 Å². The maximum Gasteiger partial charge on any atom is 0.458 e. The van der Waals surface area contributed by atoms with Crippen LogP contribution < -0.4 is 0 Å². The van der Waals surface area contributed by atoms with Gasteiger partial charge in [0.25, 0.3) is 8.67 Å². The molecule has 14 heteroatoms. The molecular weight excluding hydrogens is 345 g/mol. The predicted octanol–water partition coefficient (Wildman–Crippen LogP) is 0.988. The first-order valence-electron chi connectivity index (χ1n) is 5.48. The van der Waals surface area contributed by atoms with Gasteiger partial charge in [-0.3, -0.25) is 14.9 Å². The van der Waals surface area contributed by atoms with Crippen LogP contribution in [0.2, 0.25) is 0 Å². The van der Waals surface area contributed by atoms with Crippen molar-refractivity contribution in [2.45, 2.75) is 25.6 Å². The lowest BCUT2D eigenvalue weighted by Crippen LogP contribution is -2.63. The zero-order chi connectivity index (χ0) is 18.0. The summed E-state index contributed by atoms with van der Waals surface area (Å²) in [4.78, 5) is 17.9. The van der Waals surface area contributed by atoms with Gasteiger partial charge in [0.1, 0.15) is 0 Å². The highest BCUT2D eigenvalue weighted by Crippen LogP contribution is 2.50. The molecule has 0 aromatic rings. The lowest BCUT2D eigenvalue weighted by molar-refractivity contribution is -0.509. The van der Waals surface area contributed by atoms with Crippen LogP contribution >= 0.6 is 0 Å². The predicted molar refractivity (Wildman–Crippen MR) is 73.0 cm³/mol. The first kappa shape index (κ1) is 19.9. The molecule has 0 aliphatic heterocycles. The number of nitriles is 1. The van der Waals surface area contributed by atoms with Crippen molar-refractivity contribution < 1.29 is 26.2 Å². The van der Waals surface area contributed by atoms with Crippen molar-refractivity contribution in [3.05, 3.63) is 20.6 Å². The average molecular weight is 357 g/mol. The molecule has 0 saturated heterocycles. The number of carbonyl (C=O) groups excluding carboxylic acids is 1. The number of hydrogen-bond donors (Lipinski definition) is 0. The molecule has 0 aliphatic carbocycles. The minimum Gasteiger partial charge on any atom is -0.289 e. The van der Waals surface area contributed by atoms with Crippen molar-refractivity contribution in [2.75, 3.05) is 5.75 Å². The summed E-state index contributed by atoms with van der Waals surface area (Å²) in [5.41, 5.74) is 8.32. The van der Waals surface area contributed by atoms with Gasteiger partial charge in [-0.15, -0.1) is 3.89 Å². The van der Waals surface area contributed by atoms with E-state index in [1.165, 1.54) is 13.8 Å². The molecule has 22 heavy (non-hydrogen) atoms. The van der Waals surface area contributed by atoms with E-state index in [1.54, 1.807) is 4.91 Å². The zero-order valence-electron chi connectivity index (χ0n) is 11.7. The molecule has 0 rings (SSSR count). The average Bonchev–Trinajstić information content (AvgIpc) is 2.26. The monoisotopic (exact) mass is 357 g/mol. The van der Waals surface area contributed by atoms with E-state index in [4.69, 9.17) is 10.8 Å². The van der Waals surface area contributed by atoms with Crippen molar-refractivity contribution in [1.82, 2.24) is 0 Å². The summed E-state index contributed by atoms with van der Waals surface area (Å²) in [5, 5.41) is 19.9. The highest BCUT2D eigenvalue weighted by atomic mass is 33.2. The summed E-state index contributed by atoms with van der Waals surface area (Å²) < 4.78 is 53.8. The van der Waals surface area contributed by atoms with Crippen molar-refractivity contribution in [2.24, 2.45) is 10.4 Å². The first-order chi connectivity index (χ1) is 9.73. The van der Waals surface area contributed by atoms with Gasteiger partial charge in [-0.2, -0.15) is 5.26 Å². The molecule has 0 aromatic heterocycles. The van der Waals surface area contributed by atoms with Crippen LogP contribution in [-0.4, -0.2) is 34.0 Å². The summed E-state index contributed by atoms with van der Waals surface area (Å²) in [5.74, 6) is -4.09. The minimum absolute atomic E-state index is 0.303. The second kappa shape index (κ2) is 5.59. The third kappa shape index (κ3) is 2.32. The number of nitro groups is 1. The highest BCUT2D eigenvalue weighted by Gasteiger charge is 2.79. The number of ketones is 1. The normalized spacial score (nSPS) is 16.5. The molecule has 0 fully saturated rings. The Balaban J connectivity index is 7.28. The molecule has 0 radical (unpaired) electrons. The molecule has 124 valence electrons. The van der Waals surface area contributed by atoms with E-state index in [9.17, 15) is 27.5 Å². The van der Waals surface area contributed by atoms with Crippen LogP contribution in [0.3, 0.4) is 0 Å². The van der Waals surface area contributed by atoms with Gasteiger partial charge in [0, 0.05) is 16.4 Å². The third-order valence-corrected chi connectivity index (χ3v) is 10.3. The van der Waals surface area contributed by atoms with Crippen molar-refractivity contribution in [3.63, 3.8) is 0 Å². The number of hydrogen-bond acceptors (Lipinski definition) is 7. The molecule has 0 aromatic carbocycles. The lowest BCUT2D eigenvalue weighted by Gasteiger charge is -2.33. The molecular formula is C8H12FN5O6S2. The fourth-order valence-corrected chi connectivity index (χ4v) is 7.86. The second-order valence-electron chi connectivity index (χ2n) is 4.61. The van der Waals surface area contributed by atoms with E-state index < -0.39 is 44.8 Å². The Morgan fingerprint density at radius 1 is 1.64 bits per heavy atom. The molecule has 1 unspecified atom stereocenters. The number of rotatable bonds is 7. The SMILES string of the molecule is CC(=O)C(C#N)([N+](=O)[O-])S(=O)(F)(N=[N+]=[N-])S(=O)(=O)CC(C)C. The van der Waals surface area contributed by atoms with E-state index in [1.807, 2.05) is 4.52 Å². The highest BCUT2D eigenvalue weighted by molar-refractivity contribution is 8.79. The summed E-state index contributed by atoms with van der Waals surface area (Å²) in [6, 6.07) is 0.528.